The van der Waals surface area contributed by atoms with Gasteiger partial charge < -0.3 is 19.6 Å². The summed E-state index contributed by atoms with van der Waals surface area (Å²) >= 11 is 0. The molecule has 2 aromatic carbocycles. The molecule has 0 radical (unpaired) electrons. The number of hydrogen-bond donors (Lipinski definition) is 1. The summed E-state index contributed by atoms with van der Waals surface area (Å²) in [4.78, 5) is 40.0. The fourth-order valence-electron chi connectivity index (χ4n) is 7.01. The minimum atomic E-state index is -0.672. The SMILES string of the molecule is C=CCN(C(=O)OCc1ccc([N+](=O)[O-])cc1)C1CCN(C[C@H]2CC(C(CC(C)C)C(=O)O)C[C@@H]2c2ccccc2)CC1. The van der Waals surface area contributed by atoms with E-state index in [1.807, 2.05) is 6.07 Å². The van der Waals surface area contributed by atoms with Crippen LogP contribution in [0.25, 0.3) is 0 Å². The zero-order valence-electron chi connectivity index (χ0n) is 25.3. The topological polar surface area (TPSA) is 113 Å². The number of nitrogens with zero attached hydrogens (tertiary/aromatic N) is 3. The first kappa shape index (κ1) is 32.2. The molecule has 2 aromatic rings. The highest BCUT2D eigenvalue weighted by molar-refractivity contribution is 5.70. The van der Waals surface area contributed by atoms with Crippen molar-refractivity contribution in [3.63, 3.8) is 0 Å². The summed E-state index contributed by atoms with van der Waals surface area (Å²) in [7, 11) is 0. The maximum absolute atomic E-state index is 13.1. The number of nitro benzene ring substituents is 1. The van der Waals surface area contributed by atoms with Gasteiger partial charge in [-0.05, 0) is 79.0 Å². The van der Waals surface area contributed by atoms with Crippen LogP contribution < -0.4 is 0 Å². The summed E-state index contributed by atoms with van der Waals surface area (Å²) in [6.45, 7) is 11.1. The molecule has 9 heteroatoms. The summed E-state index contributed by atoms with van der Waals surface area (Å²) in [6.07, 6.45) is 5.46. The molecule has 1 saturated carbocycles. The van der Waals surface area contributed by atoms with Gasteiger partial charge in [-0.25, -0.2) is 4.79 Å². The van der Waals surface area contributed by atoms with E-state index in [9.17, 15) is 24.8 Å². The van der Waals surface area contributed by atoms with Crippen molar-refractivity contribution in [2.75, 3.05) is 26.2 Å². The van der Waals surface area contributed by atoms with Crippen LogP contribution in [0.5, 0.6) is 0 Å². The largest absolute Gasteiger partial charge is 0.481 e. The van der Waals surface area contributed by atoms with Crippen molar-refractivity contribution in [3.8, 4) is 0 Å². The number of amides is 1. The standard InChI is InChI=1S/C34H45N3O6/c1-4-16-36(34(40)43-23-25-10-12-30(13-11-25)37(41)42)29-14-17-35(18-15-29)22-28-20-27(32(33(38)39)19-24(2)3)21-31(28)26-8-6-5-7-9-26/h4-13,24,27-29,31-32H,1,14-23H2,2-3H3,(H,38,39)/t27?,28-,31-,32?/m1/s1. The van der Waals surface area contributed by atoms with Gasteiger partial charge in [0.15, 0.2) is 0 Å². The van der Waals surface area contributed by atoms with E-state index in [2.05, 4.69) is 49.6 Å². The first-order valence-corrected chi connectivity index (χ1v) is 15.4. The molecule has 9 nitrogen and oxygen atoms in total. The predicted molar refractivity (Wildman–Crippen MR) is 166 cm³/mol. The average molecular weight is 592 g/mol. The zero-order valence-corrected chi connectivity index (χ0v) is 25.3. The van der Waals surface area contributed by atoms with Crippen LogP contribution in [-0.4, -0.2) is 64.1 Å². The van der Waals surface area contributed by atoms with Gasteiger partial charge in [0, 0.05) is 44.4 Å². The minimum absolute atomic E-state index is 0.00408. The van der Waals surface area contributed by atoms with Crippen molar-refractivity contribution >= 4 is 17.7 Å². The van der Waals surface area contributed by atoms with Crippen LogP contribution in [0.15, 0.2) is 67.3 Å². The lowest BCUT2D eigenvalue weighted by atomic mass is 9.83. The van der Waals surface area contributed by atoms with E-state index in [-0.39, 0.29) is 30.2 Å². The number of hydrogen-bond acceptors (Lipinski definition) is 6. The van der Waals surface area contributed by atoms with Gasteiger partial charge in [-0.2, -0.15) is 0 Å². The Balaban J connectivity index is 1.36. The molecule has 1 amide bonds. The van der Waals surface area contributed by atoms with Gasteiger partial charge in [0.25, 0.3) is 5.69 Å². The van der Waals surface area contributed by atoms with Gasteiger partial charge in [0.05, 0.1) is 10.8 Å². The molecule has 2 unspecified atom stereocenters. The smallest absolute Gasteiger partial charge is 0.410 e. The number of aliphatic carboxylic acids is 1. The number of rotatable bonds is 13. The molecule has 1 N–H and O–H groups in total. The van der Waals surface area contributed by atoms with Crippen molar-refractivity contribution in [1.82, 2.24) is 9.80 Å². The highest BCUT2D eigenvalue weighted by atomic mass is 16.6. The lowest BCUT2D eigenvalue weighted by molar-refractivity contribution is -0.384. The van der Waals surface area contributed by atoms with E-state index in [0.717, 1.165) is 45.3 Å². The van der Waals surface area contributed by atoms with Crippen molar-refractivity contribution in [2.45, 2.75) is 64.5 Å². The Labute approximate surface area is 254 Å². The third-order valence-electron chi connectivity index (χ3n) is 9.13. The molecular formula is C34H45N3O6. The number of carbonyl (C=O) groups excluding carboxylic acids is 1. The molecule has 4 atom stereocenters. The van der Waals surface area contributed by atoms with E-state index in [0.29, 0.717) is 36.3 Å². The number of likely N-dealkylation sites (tertiary alicyclic amines) is 1. The third-order valence-corrected chi connectivity index (χ3v) is 9.13. The van der Waals surface area contributed by atoms with Crippen LogP contribution in [-0.2, 0) is 16.1 Å². The van der Waals surface area contributed by atoms with Gasteiger partial charge in [-0.15, -0.1) is 6.58 Å². The minimum Gasteiger partial charge on any atom is -0.481 e. The number of piperidine rings is 1. The summed E-state index contributed by atoms with van der Waals surface area (Å²) in [6, 6.07) is 16.6. The summed E-state index contributed by atoms with van der Waals surface area (Å²) in [5, 5.41) is 21.0. The number of nitro groups is 1. The number of carbonyl (C=O) groups is 2. The maximum atomic E-state index is 13.1. The Bertz CT molecular complexity index is 1230. The van der Waals surface area contributed by atoms with E-state index in [1.54, 1.807) is 23.1 Å². The number of ether oxygens (including phenoxy) is 1. The van der Waals surface area contributed by atoms with Crippen LogP contribution in [0.1, 0.15) is 63.0 Å². The molecule has 2 aliphatic rings. The molecule has 1 heterocycles. The van der Waals surface area contributed by atoms with Gasteiger partial charge in [-0.1, -0.05) is 50.3 Å². The van der Waals surface area contributed by atoms with E-state index in [4.69, 9.17) is 4.74 Å². The molecule has 1 aliphatic carbocycles. The Morgan fingerprint density at radius 2 is 1.79 bits per heavy atom. The third kappa shape index (κ3) is 8.66. The molecule has 0 aromatic heterocycles. The van der Waals surface area contributed by atoms with Crippen LogP contribution in [0, 0.1) is 33.8 Å². The number of carboxylic acid groups (broad SMARTS) is 1. The van der Waals surface area contributed by atoms with Crippen LogP contribution in [0.2, 0.25) is 0 Å². The molecule has 0 bridgehead atoms. The van der Waals surface area contributed by atoms with Crippen molar-refractivity contribution in [3.05, 3.63) is 88.5 Å². The quantitative estimate of drug-likeness (QED) is 0.156. The summed E-state index contributed by atoms with van der Waals surface area (Å²) < 4.78 is 5.58. The van der Waals surface area contributed by atoms with Gasteiger partial charge in [0.1, 0.15) is 6.61 Å². The van der Waals surface area contributed by atoms with Crippen molar-refractivity contribution in [2.24, 2.45) is 23.7 Å². The van der Waals surface area contributed by atoms with Crippen molar-refractivity contribution < 1.29 is 24.4 Å². The molecule has 1 aliphatic heterocycles. The second-order valence-electron chi connectivity index (χ2n) is 12.5. The zero-order chi connectivity index (χ0) is 30.9. The van der Waals surface area contributed by atoms with E-state index < -0.39 is 17.0 Å². The van der Waals surface area contributed by atoms with E-state index >= 15 is 0 Å². The first-order valence-electron chi connectivity index (χ1n) is 15.4. The molecular weight excluding hydrogens is 546 g/mol. The average Bonchev–Trinajstić information content (AvgIpc) is 3.41. The summed E-state index contributed by atoms with van der Waals surface area (Å²) in [5.74, 6) is 0.245. The maximum Gasteiger partial charge on any atom is 0.410 e. The monoisotopic (exact) mass is 591 g/mol. The molecule has 232 valence electrons. The van der Waals surface area contributed by atoms with Crippen molar-refractivity contribution in [1.29, 1.82) is 0 Å². The number of non-ortho nitro benzene ring substituents is 1. The fourth-order valence-corrected chi connectivity index (χ4v) is 7.01. The molecule has 43 heavy (non-hydrogen) atoms. The van der Waals surface area contributed by atoms with Crippen LogP contribution in [0.3, 0.4) is 0 Å². The second-order valence-corrected chi connectivity index (χ2v) is 12.5. The van der Waals surface area contributed by atoms with Gasteiger partial charge >= 0.3 is 12.1 Å². The first-order chi connectivity index (χ1) is 20.7. The lowest BCUT2D eigenvalue weighted by Crippen LogP contribution is -2.48. The Morgan fingerprint density at radius 3 is 2.37 bits per heavy atom. The Morgan fingerprint density at radius 1 is 1.12 bits per heavy atom. The molecule has 4 rings (SSSR count). The summed E-state index contributed by atoms with van der Waals surface area (Å²) in [5.41, 5.74) is 1.98. The Kier molecular flexibility index (Phi) is 11.3. The molecule has 0 spiro atoms. The van der Waals surface area contributed by atoms with Crippen LogP contribution in [0.4, 0.5) is 10.5 Å². The number of carboxylic acids is 1. The highest BCUT2D eigenvalue weighted by Gasteiger charge is 2.42. The predicted octanol–water partition coefficient (Wildman–Crippen LogP) is 6.74. The fraction of sp³-hybridized carbons (Fsp3) is 0.529. The molecule has 1 saturated heterocycles. The molecule has 2 fully saturated rings. The number of benzene rings is 2. The lowest BCUT2D eigenvalue weighted by Gasteiger charge is -2.39. The van der Waals surface area contributed by atoms with Crippen LogP contribution >= 0.6 is 0 Å². The van der Waals surface area contributed by atoms with Gasteiger partial charge in [-0.3, -0.25) is 14.9 Å². The normalized spacial score (nSPS) is 21.8. The Hall–Kier alpha value is -3.72. The van der Waals surface area contributed by atoms with Gasteiger partial charge in [0.2, 0.25) is 0 Å². The highest BCUT2D eigenvalue weighted by Crippen LogP contribution is 2.47. The second kappa shape index (κ2) is 15.1. The van der Waals surface area contributed by atoms with E-state index in [1.165, 1.54) is 17.7 Å².